The van der Waals surface area contributed by atoms with Crippen molar-refractivity contribution >= 4 is 30.7 Å². The summed E-state index contributed by atoms with van der Waals surface area (Å²) >= 11 is 0. The zero-order valence-corrected chi connectivity index (χ0v) is 14.1. The molecule has 1 saturated heterocycles. The first-order chi connectivity index (χ1) is 9.25. The van der Waals surface area contributed by atoms with Crippen molar-refractivity contribution < 1.29 is 4.79 Å². The van der Waals surface area contributed by atoms with E-state index in [0.717, 1.165) is 25.2 Å². The van der Waals surface area contributed by atoms with Gasteiger partial charge in [-0.25, -0.2) is 0 Å². The third-order valence-electron chi connectivity index (χ3n) is 3.78. The molecular weight excluding hydrogens is 309 g/mol. The van der Waals surface area contributed by atoms with Crippen LogP contribution in [-0.2, 0) is 11.3 Å². The Hall–Kier alpha value is -0.840. The lowest BCUT2D eigenvalue weighted by Crippen LogP contribution is -2.30. The van der Waals surface area contributed by atoms with Crippen molar-refractivity contribution in [2.45, 2.75) is 32.2 Å². The Morgan fingerprint density at radius 1 is 1.33 bits per heavy atom. The van der Waals surface area contributed by atoms with E-state index in [-0.39, 0.29) is 30.7 Å². The summed E-state index contributed by atoms with van der Waals surface area (Å²) in [4.78, 5) is 18.1. The second kappa shape index (κ2) is 10.8. The fourth-order valence-electron chi connectivity index (χ4n) is 2.51. The summed E-state index contributed by atoms with van der Waals surface area (Å²) in [6.07, 6.45) is 5.86. The first-order valence-corrected chi connectivity index (χ1v) is 7.10. The molecular formula is C15H25Cl2N3O. The maximum Gasteiger partial charge on any atom is 0.222 e. The Labute approximate surface area is 139 Å². The minimum atomic E-state index is 0. The highest BCUT2D eigenvalue weighted by molar-refractivity contribution is 5.85. The average molecular weight is 334 g/mol. The van der Waals surface area contributed by atoms with Crippen LogP contribution in [0.3, 0.4) is 0 Å². The molecule has 120 valence electrons. The molecule has 2 heterocycles. The lowest BCUT2D eigenvalue weighted by atomic mass is 9.93. The van der Waals surface area contributed by atoms with E-state index in [1.165, 1.54) is 12.8 Å². The van der Waals surface area contributed by atoms with Crippen LogP contribution < -0.4 is 5.32 Å². The van der Waals surface area contributed by atoms with E-state index in [1.54, 1.807) is 11.1 Å². The highest BCUT2D eigenvalue weighted by Crippen LogP contribution is 2.18. The van der Waals surface area contributed by atoms with Gasteiger partial charge in [-0.05, 0) is 50.4 Å². The van der Waals surface area contributed by atoms with Crippen LogP contribution >= 0.6 is 24.8 Å². The standard InChI is InChI=1S/C15H23N3O.2ClH/c1-18(12-14-4-2-3-9-17-14)15(19)6-5-13-7-10-16-11-8-13;;/h2-4,9,13,16H,5-8,10-12H2,1H3;2*1H. The second-order valence-electron chi connectivity index (χ2n) is 5.30. The number of carbonyl (C=O) groups is 1. The molecule has 2 rings (SSSR count). The van der Waals surface area contributed by atoms with Crippen LogP contribution in [0.4, 0.5) is 0 Å². The fraction of sp³-hybridized carbons (Fsp3) is 0.600. The fourth-order valence-corrected chi connectivity index (χ4v) is 2.51. The van der Waals surface area contributed by atoms with Gasteiger partial charge in [-0.15, -0.1) is 24.8 Å². The number of nitrogens with zero attached hydrogens (tertiary/aromatic N) is 2. The van der Waals surface area contributed by atoms with Gasteiger partial charge in [-0.2, -0.15) is 0 Å². The molecule has 1 aromatic heterocycles. The van der Waals surface area contributed by atoms with Gasteiger partial charge in [0, 0.05) is 19.7 Å². The van der Waals surface area contributed by atoms with Gasteiger partial charge < -0.3 is 10.2 Å². The number of hydrogen-bond acceptors (Lipinski definition) is 3. The molecule has 1 aliphatic heterocycles. The molecule has 0 unspecified atom stereocenters. The number of carbonyl (C=O) groups excluding carboxylic acids is 1. The van der Waals surface area contributed by atoms with Crippen molar-refractivity contribution in [3.8, 4) is 0 Å². The predicted molar refractivity (Wildman–Crippen MR) is 90.0 cm³/mol. The summed E-state index contributed by atoms with van der Waals surface area (Å²) in [6.45, 7) is 2.80. The number of halogens is 2. The van der Waals surface area contributed by atoms with Gasteiger partial charge in [0.25, 0.3) is 0 Å². The highest BCUT2D eigenvalue weighted by Gasteiger charge is 2.16. The van der Waals surface area contributed by atoms with Gasteiger partial charge in [-0.1, -0.05) is 6.07 Å². The maximum absolute atomic E-state index is 12.1. The molecule has 6 heteroatoms. The SMILES string of the molecule is CN(Cc1ccccn1)C(=O)CCC1CCNCC1.Cl.Cl. The van der Waals surface area contributed by atoms with Crippen molar-refractivity contribution in [1.29, 1.82) is 0 Å². The van der Waals surface area contributed by atoms with E-state index in [2.05, 4.69) is 10.3 Å². The van der Waals surface area contributed by atoms with Crippen LogP contribution in [-0.4, -0.2) is 35.9 Å². The molecule has 4 nitrogen and oxygen atoms in total. The topological polar surface area (TPSA) is 45.2 Å². The Bertz CT molecular complexity index is 397. The van der Waals surface area contributed by atoms with Gasteiger partial charge in [0.1, 0.15) is 0 Å². The van der Waals surface area contributed by atoms with Crippen LogP contribution in [0.5, 0.6) is 0 Å². The Kier molecular flexibility index (Phi) is 10.4. The summed E-state index contributed by atoms with van der Waals surface area (Å²) in [5.74, 6) is 0.942. The van der Waals surface area contributed by atoms with E-state index < -0.39 is 0 Å². The van der Waals surface area contributed by atoms with Gasteiger partial charge >= 0.3 is 0 Å². The number of aromatic nitrogens is 1. The number of rotatable bonds is 5. The molecule has 1 aliphatic rings. The Balaban J connectivity index is 0.00000200. The molecule has 1 N–H and O–H groups in total. The lowest BCUT2D eigenvalue weighted by molar-refractivity contribution is -0.130. The molecule has 1 aromatic rings. The largest absolute Gasteiger partial charge is 0.340 e. The Morgan fingerprint density at radius 3 is 2.67 bits per heavy atom. The van der Waals surface area contributed by atoms with E-state index in [0.29, 0.717) is 18.9 Å². The first kappa shape index (κ1) is 20.2. The van der Waals surface area contributed by atoms with Crippen LogP contribution in [0.1, 0.15) is 31.4 Å². The average Bonchev–Trinajstić information content (AvgIpc) is 2.47. The minimum Gasteiger partial charge on any atom is -0.340 e. The van der Waals surface area contributed by atoms with Crippen molar-refractivity contribution in [1.82, 2.24) is 15.2 Å². The van der Waals surface area contributed by atoms with E-state index in [9.17, 15) is 4.79 Å². The smallest absolute Gasteiger partial charge is 0.222 e. The zero-order valence-electron chi connectivity index (χ0n) is 12.5. The summed E-state index contributed by atoms with van der Waals surface area (Å²) < 4.78 is 0. The number of pyridine rings is 1. The van der Waals surface area contributed by atoms with Crippen molar-refractivity contribution in [2.75, 3.05) is 20.1 Å². The minimum absolute atomic E-state index is 0. The molecule has 0 spiro atoms. The monoisotopic (exact) mass is 333 g/mol. The number of piperidine rings is 1. The number of nitrogens with one attached hydrogen (secondary N) is 1. The molecule has 21 heavy (non-hydrogen) atoms. The normalized spacial score (nSPS) is 14.7. The van der Waals surface area contributed by atoms with Crippen LogP contribution in [0, 0.1) is 5.92 Å². The molecule has 0 aliphatic carbocycles. The molecule has 1 fully saturated rings. The van der Waals surface area contributed by atoms with Crippen molar-refractivity contribution in [3.63, 3.8) is 0 Å². The molecule has 0 saturated carbocycles. The third kappa shape index (κ3) is 7.11. The second-order valence-corrected chi connectivity index (χ2v) is 5.30. The third-order valence-corrected chi connectivity index (χ3v) is 3.78. The summed E-state index contributed by atoms with van der Waals surface area (Å²) in [6, 6.07) is 5.80. The first-order valence-electron chi connectivity index (χ1n) is 7.10. The Morgan fingerprint density at radius 2 is 2.05 bits per heavy atom. The lowest BCUT2D eigenvalue weighted by Gasteiger charge is -2.23. The number of amides is 1. The summed E-state index contributed by atoms with van der Waals surface area (Å²) in [5.41, 5.74) is 0.945. The predicted octanol–water partition coefficient (Wildman–Crippen LogP) is 2.66. The van der Waals surface area contributed by atoms with E-state index >= 15 is 0 Å². The van der Waals surface area contributed by atoms with Crippen LogP contribution in [0.2, 0.25) is 0 Å². The highest BCUT2D eigenvalue weighted by atomic mass is 35.5. The molecule has 1 amide bonds. The molecule has 0 aromatic carbocycles. The van der Waals surface area contributed by atoms with Gasteiger partial charge in [-0.3, -0.25) is 9.78 Å². The van der Waals surface area contributed by atoms with Gasteiger partial charge in [0.2, 0.25) is 5.91 Å². The molecule has 0 radical (unpaired) electrons. The summed E-state index contributed by atoms with van der Waals surface area (Å²) in [7, 11) is 1.86. The van der Waals surface area contributed by atoms with E-state index in [1.807, 2.05) is 25.2 Å². The van der Waals surface area contributed by atoms with Crippen molar-refractivity contribution in [3.05, 3.63) is 30.1 Å². The zero-order chi connectivity index (χ0) is 13.5. The van der Waals surface area contributed by atoms with Crippen LogP contribution in [0.15, 0.2) is 24.4 Å². The molecule has 0 bridgehead atoms. The van der Waals surface area contributed by atoms with Crippen LogP contribution in [0.25, 0.3) is 0 Å². The summed E-state index contributed by atoms with van der Waals surface area (Å²) in [5, 5.41) is 3.35. The van der Waals surface area contributed by atoms with Gasteiger partial charge in [0.15, 0.2) is 0 Å². The van der Waals surface area contributed by atoms with E-state index in [4.69, 9.17) is 0 Å². The maximum atomic E-state index is 12.1. The quantitative estimate of drug-likeness (QED) is 0.900. The van der Waals surface area contributed by atoms with Crippen molar-refractivity contribution in [2.24, 2.45) is 5.92 Å². The molecule has 0 atom stereocenters. The van der Waals surface area contributed by atoms with Gasteiger partial charge in [0.05, 0.1) is 12.2 Å². The number of hydrogen-bond donors (Lipinski definition) is 1.